The van der Waals surface area contributed by atoms with Crippen LogP contribution in [-0.2, 0) is 16.8 Å². The van der Waals surface area contributed by atoms with Gasteiger partial charge in [0.1, 0.15) is 13.2 Å². The first kappa shape index (κ1) is 15.1. The van der Waals surface area contributed by atoms with E-state index in [0.29, 0.717) is 31.3 Å². The van der Waals surface area contributed by atoms with Crippen molar-refractivity contribution in [2.75, 3.05) is 33.9 Å². The van der Waals surface area contributed by atoms with E-state index in [2.05, 4.69) is 0 Å². The first-order valence-corrected chi connectivity index (χ1v) is 7.91. The van der Waals surface area contributed by atoms with Gasteiger partial charge in [-0.1, -0.05) is 19.1 Å². The van der Waals surface area contributed by atoms with E-state index in [1.165, 1.54) is 22.7 Å². The Morgan fingerprint density at radius 3 is 2.55 bits per heavy atom. The van der Waals surface area contributed by atoms with Gasteiger partial charge in [-0.15, -0.1) is 0 Å². The van der Waals surface area contributed by atoms with E-state index in [4.69, 9.17) is 9.47 Å². The zero-order valence-corrected chi connectivity index (χ0v) is 12.8. The molecule has 0 amide bonds. The summed E-state index contributed by atoms with van der Waals surface area (Å²) < 4.78 is 38.2. The normalized spacial score (nSPS) is 14.8. The Kier molecular flexibility index (Phi) is 4.52. The fourth-order valence-electron chi connectivity index (χ4n) is 2.04. The smallest absolute Gasteiger partial charge is 0.281 e. The van der Waals surface area contributed by atoms with Crippen LogP contribution in [-0.4, -0.2) is 50.9 Å². The van der Waals surface area contributed by atoms with Crippen LogP contribution in [0.1, 0.15) is 12.5 Å². The van der Waals surface area contributed by atoms with Crippen LogP contribution in [0.15, 0.2) is 18.2 Å². The summed E-state index contributed by atoms with van der Waals surface area (Å²) in [5.41, 5.74) is 0.814. The molecule has 0 saturated heterocycles. The van der Waals surface area contributed by atoms with Crippen molar-refractivity contribution in [2.24, 2.45) is 0 Å². The average molecular weight is 300 g/mol. The van der Waals surface area contributed by atoms with Crippen molar-refractivity contribution >= 4 is 10.2 Å². The molecular formula is C13H20N2O4S. The van der Waals surface area contributed by atoms with Crippen molar-refractivity contribution in [3.63, 3.8) is 0 Å². The molecule has 0 aliphatic carbocycles. The number of nitrogens with zero attached hydrogens (tertiary/aromatic N) is 2. The molecule has 2 rings (SSSR count). The van der Waals surface area contributed by atoms with Gasteiger partial charge in [-0.3, -0.25) is 0 Å². The maximum atomic E-state index is 12.2. The highest BCUT2D eigenvalue weighted by atomic mass is 32.2. The molecule has 112 valence electrons. The number of para-hydroxylation sites is 1. The van der Waals surface area contributed by atoms with Gasteiger partial charge in [0.25, 0.3) is 10.2 Å². The highest BCUT2D eigenvalue weighted by Gasteiger charge is 2.25. The lowest BCUT2D eigenvalue weighted by atomic mass is 10.1. The molecule has 0 unspecified atom stereocenters. The Bertz CT molecular complexity index is 572. The number of rotatable bonds is 5. The lowest BCUT2D eigenvalue weighted by Gasteiger charge is -2.26. The minimum atomic E-state index is -3.44. The van der Waals surface area contributed by atoms with E-state index in [9.17, 15) is 8.42 Å². The van der Waals surface area contributed by atoms with Gasteiger partial charge < -0.3 is 9.47 Å². The second kappa shape index (κ2) is 5.99. The predicted octanol–water partition coefficient (Wildman–Crippen LogP) is 1.09. The molecule has 7 heteroatoms. The van der Waals surface area contributed by atoms with Crippen LogP contribution in [0.4, 0.5) is 0 Å². The molecule has 1 heterocycles. The Hall–Kier alpha value is -1.31. The second-order valence-corrected chi connectivity index (χ2v) is 6.80. The maximum Gasteiger partial charge on any atom is 0.281 e. The van der Waals surface area contributed by atoms with Crippen molar-refractivity contribution in [1.29, 1.82) is 0 Å². The standard InChI is InChI=1S/C13H20N2O4S/c1-4-15(20(16,17)14(2)3)10-11-6-5-7-12-13(11)19-9-8-18-12/h5-7H,4,8-10H2,1-3H3. The third-order valence-electron chi connectivity index (χ3n) is 3.13. The zero-order chi connectivity index (χ0) is 14.8. The van der Waals surface area contributed by atoms with Gasteiger partial charge in [0, 0.05) is 32.7 Å². The molecule has 1 aromatic rings. The summed E-state index contributed by atoms with van der Waals surface area (Å²) in [6.45, 7) is 3.48. The van der Waals surface area contributed by atoms with E-state index in [-0.39, 0.29) is 6.54 Å². The Morgan fingerprint density at radius 1 is 1.20 bits per heavy atom. The van der Waals surface area contributed by atoms with Gasteiger partial charge in [-0.25, -0.2) is 0 Å². The molecule has 1 aliphatic heterocycles. The Morgan fingerprint density at radius 2 is 1.90 bits per heavy atom. The fraction of sp³-hybridized carbons (Fsp3) is 0.538. The minimum Gasteiger partial charge on any atom is -0.486 e. The van der Waals surface area contributed by atoms with Gasteiger partial charge in [0.05, 0.1) is 0 Å². The van der Waals surface area contributed by atoms with E-state index in [1.54, 1.807) is 0 Å². The molecule has 0 spiro atoms. The number of hydrogen-bond donors (Lipinski definition) is 0. The lowest BCUT2D eigenvalue weighted by molar-refractivity contribution is 0.168. The quantitative estimate of drug-likeness (QED) is 0.816. The van der Waals surface area contributed by atoms with Crippen LogP contribution < -0.4 is 9.47 Å². The van der Waals surface area contributed by atoms with E-state index >= 15 is 0 Å². The van der Waals surface area contributed by atoms with Crippen molar-refractivity contribution < 1.29 is 17.9 Å². The third-order valence-corrected chi connectivity index (χ3v) is 5.10. The Balaban J connectivity index is 2.29. The monoisotopic (exact) mass is 300 g/mol. The van der Waals surface area contributed by atoms with Crippen molar-refractivity contribution in [2.45, 2.75) is 13.5 Å². The van der Waals surface area contributed by atoms with Gasteiger partial charge >= 0.3 is 0 Å². The summed E-state index contributed by atoms with van der Waals surface area (Å²) in [4.78, 5) is 0. The lowest BCUT2D eigenvalue weighted by Crippen LogP contribution is -2.39. The van der Waals surface area contributed by atoms with Crippen molar-refractivity contribution in [3.05, 3.63) is 23.8 Å². The largest absolute Gasteiger partial charge is 0.486 e. The SMILES string of the molecule is CCN(Cc1cccc2c1OCCO2)S(=O)(=O)N(C)C. The topological polar surface area (TPSA) is 59.1 Å². The molecule has 0 N–H and O–H groups in total. The molecule has 1 aromatic carbocycles. The van der Waals surface area contributed by atoms with Crippen LogP contribution in [0.2, 0.25) is 0 Å². The summed E-state index contributed by atoms with van der Waals surface area (Å²) in [6.07, 6.45) is 0. The molecule has 0 bridgehead atoms. The van der Waals surface area contributed by atoms with E-state index in [0.717, 1.165) is 5.56 Å². The molecule has 0 fully saturated rings. The average Bonchev–Trinajstić information content (AvgIpc) is 2.44. The van der Waals surface area contributed by atoms with Crippen molar-refractivity contribution in [3.8, 4) is 11.5 Å². The predicted molar refractivity (Wildman–Crippen MR) is 76.1 cm³/mol. The molecule has 20 heavy (non-hydrogen) atoms. The van der Waals surface area contributed by atoms with Crippen LogP contribution in [0.3, 0.4) is 0 Å². The van der Waals surface area contributed by atoms with Gasteiger partial charge in [-0.2, -0.15) is 17.0 Å². The Labute approximate surface area is 120 Å². The summed E-state index contributed by atoms with van der Waals surface area (Å²) >= 11 is 0. The first-order valence-electron chi connectivity index (χ1n) is 6.52. The second-order valence-electron chi connectivity index (χ2n) is 4.66. The van der Waals surface area contributed by atoms with E-state index < -0.39 is 10.2 Å². The first-order chi connectivity index (χ1) is 9.46. The van der Waals surface area contributed by atoms with Gasteiger partial charge in [0.2, 0.25) is 0 Å². The van der Waals surface area contributed by atoms with Crippen LogP contribution in [0.25, 0.3) is 0 Å². The number of ether oxygens (including phenoxy) is 2. The minimum absolute atomic E-state index is 0.267. The van der Waals surface area contributed by atoms with Crippen LogP contribution in [0.5, 0.6) is 11.5 Å². The van der Waals surface area contributed by atoms with E-state index in [1.807, 2.05) is 25.1 Å². The summed E-state index contributed by atoms with van der Waals surface area (Å²) in [5.74, 6) is 1.32. The molecule has 1 aliphatic rings. The summed E-state index contributed by atoms with van der Waals surface area (Å²) in [6, 6.07) is 5.54. The highest BCUT2D eigenvalue weighted by molar-refractivity contribution is 7.86. The van der Waals surface area contributed by atoms with Crippen molar-refractivity contribution in [1.82, 2.24) is 8.61 Å². The molecular weight excluding hydrogens is 280 g/mol. The van der Waals surface area contributed by atoms with Crippen LogP contribution in [0, 0.1) is 0 Å². The highest BCUT2D eigenvalue weighted by Crippen LogP contribution is 2.34. The maximum absolute atomic E-state index is 12.2. The number of benzene rings is 1. The van der Waals surface area contributed by atoms with Gasteiger partial charge in [-0.05, 0) is 6.07 Å². The molecule has 6 nitrogen and oxygen atoms in total. The fourth-order valence-corrected chi connectivity index (χ4v) is 3.13. The van der Waals surface area contributed by atoms with Crippen LogP contribution >= 0.6 is 0 Å². The zero-order valence-electron chi connectivity index (χ0n) is 12.0. The number of fused-ring (bicyclic) bond motifs is 1. The number of hydrogen-bond acceptors (Lipinski definition) is 4. The summed E-state index contributed by atoms with van der Waals surface area (Å²) in [5, 5.41) is 0. The van der Waals surface area contributed by atoms with Gasteiger partial charge in [0.15, 0.2) is 11.5 Å². The third kappa shape index (κ3) is 2.89. The molecule has 0 saturated carbocycles. The summed E-state index contributed by atoms with van der Waals surface area (Å²) in [7, 11) is -0.392. The molecule has 0 aromatic heterocycles. The molecule has 0 atom stereocenters. The molecule has 0 radical (unpaired) electrons.